The third kappa shape index (κ3) is 8.44. The molecule has 9 heteroatoms. The average molecular weight is 355 g/mol. The second kappa shape index (κ2) is 10.8. The number of nitrogens with zero attached hydrogens (tertiary/aromatic N) is 2. The van der Waals surface area contributed by atoms with Gasteiger partial charge in [-0.25, -0.2) is 4.68 Å². The molecule has 0 aromatic carbocycles. The summed E-state index contributed by atoms with van der Waals surface area (Å²) >= 11 is 13.6. The van der Waals surface area contributed by atoms with E-state index in [1.165, 1.54) is 10.7 Å². The van der Waals surface area contributed by atoms with Gasteiger partial charge in [0.25, 0.3) is 5.56 Å². The molecule has 0 spiro atoms. The van der Waals surface area contributed by atoms with Crippen LogP contribution in [0.25, 0.3) is 0 Å². The molecule has 0 amide bonds. The van der Waals surface area contributed by atoms with Crippen molar-refractivity contribution in [2.24, 2.45) is 0 Å². The summed E-state index contributed by atoms with van der Waals surface area (Å²) in [7, 11) is 0. The third-order valence-electron chi connectivity index (χ3n) is 1.99. The van der Waals surface area contributed by atoms with Crippen LogP contribution < -0.4 is 5.56 Å². The molecule has 116 valence electrons. The molecule has 0 radical (unpaired) electrons. The van der Waals surface area contributed by atoms with Gasteiger partial charge < -0.3 is 21.3 Å². The Hall–Kier alpha value is 0.150. The smallest absolute Gasteiger partial charge is 0.267 e. The standard InChI is InChI=1S/C7H10N2OS.C4H11O2PS2/c1-2-6-3-4-7(10)9(5-11)8-6;1-3-5-7(8,9)6-4-2/h3-4,11H,2,5H2,1H3;3-4H2,1-2H3,(H,8,9)/p-1. The van der Waals surface area contributed by atoms with Gasteiger partial charge in [-0.05, 0) is 26.3 Å². The fraction of sp³-hybridized carbons (Fsp3) is 0.636. The van der Waals surface area contributed by atoms with Gasteiger partial charge in [0, 0.05) is 19.3 Å². The van der Waals surface area contributed by atoms with Crippen molar-refractivity contribution in [1.82, 2.24) is 9.78 Å². The molecule has 0 saturated heterocycles. The highest BCUT2D eigenvalue weighted by atomic mass is 32.9. The Labute approximate surface area is 135 Å². The lowest BCUT2D eigenvalue weighted by Crippen LogP contribution is -2.20. The monoisotopic (exact) mass is 355 g/mol. The molecular formula is C11H20N2O3PS3-. The van der Waals surface area contributed by atoms with Crippen LogP contribution in [0.5, 0.6) is 0 Å². The quantitative estimate of drug-likeness (QED) is 0.481. The molecule has 0 N–H and O–H groups in total. The molecule has 0 saturated carbocycles. The molecule has 0 atom stereocenters. The maximum atomic E-state index is 11.0. The van der Waals surface area contributed by atoms with Gasteiger partial charge in [-0.15, -0.1) is 0 Å². The largest absolute Gasteiger partial charge is 0.691 e. The first-order valence-electron chi connectivity index (χ1n) is 6.18. The summed E-state index contributed by atoms with van der Waals surface area (Å²) in [6.45, 7) is 6.79. The Kier molecular flexibility index (Phi) is 10.9. The van der Waals surface area contributed by atoms with Crippen molar-refractivity contribution in [3.63, 3.8) is 0 Å². The maximum absolute atomic E-state index is 11.0. The van der Waals surface area contributed by atoms with Crippen LogP contribution >= 0.6 is 18.3 Å². The first kappa shape index (κ1) is 20.1. The fourth-order valence-electron chi connectivity index (χ4n) is 1.13. The van der Waals surface area contributed by atoms with E-state index < -0.39 is 5.69 Å². The molecule has 0 aliphatic carbocycles. The van der Waals surface area contributed by atoms with Gasteiger partial charge in [0.05, 0.1) is 17.3 Å². The van der Waals surface area contributed by atoms with E-state index in [0.717, 1.165) is 12.1 Å². The minimum absolute atomic E-state index is 0.0998. The molecule has 5 nitrogen and oxygen atoms in total. The average Bonchev–Trinajstić information content (AvgIpc) is 2.40. The van der Waals surface area contributed by atoms with Gasteiger partial charge in [-0.1, -0.05) is 18.7 Å². The zero-order chi connectivity index (χ0) is 15.6. The van der Waals surface area contributed by atoms with Gasteiger partial charge in [0.2, 0.25) is 0 Å². The Balaban J connectivity index is 0.000000370. The number of hydrogen-bond acceptors (Lipinski definition) is 7. The number of aromatic nitrogens is 2. The Morgan fingerprint density at radius 3 is 2.30 bits per heavy atom. The summed E-state index contributed by atoms with van der Waals surface area (Å²) < 4.78 is 11.3. The molecule has 0 unspecified atom stereocenters. The van der Waals surface area contributed by atoms with Gasteiger partial charge in [0.15, 0.2) is 0 Å². The van der Waals surface area contributed by atoms with Crippen molar-refractivity contribution in [2.75, 3.05) is 13.2 Å². The van der Waals surface area contributed by atoms with E-state index in [1.807, 2.05) is 20.8 Å². The first-order valence-corrected chi connectivity index (χ1v) is 10.5. The predicted molar refractivity (Wildman–Crippen MR) is 91.8 cm³/mol. The molecule has 1 aromatic rings. The van der Waals surface area contributed by atoms with Gasteiger partial charge >= 0.3 is 0 Å². The summed E-state index contributed by atoms with van der Waals surface area (Å²) in [4.78, 5) is 11.0. The fourth-order valence-corrected chi connectivity index (χ4v) is 3.31. The second-order valence-electron chi connectivity index (χ2n) is 3.44. The van der Waals surface area contributed by atoms with Gasteiger partial charge in [-0.3, -0.25) is 4.79 Å². The van der Waals surface area contributed by atoms with Gasteiger partial charge in [0.1, 0.15) is 0 Å². The highest BCUT2D eigenvalue weighted by Crippen LogP contribution is 2.45. The van der Waals surface area contributed by atoms with E-state index in [-0.39, 0.29) is 5.56 Å². The van der Waals surface area contributed by atoms with E-state index in [4.69, 9.17) is 33.1 Å². The molecule has 1 rings (SSSR count). The molecule has 0 aliphatic heterocycles. The van der Waals surface area contributed by atoms with Crippen molar-refractivity contribution in [3.8, 4) is 0 Å². The minimum atomic E-state index is -2.28. The van der Waals surface area contributed by atoms with Crippen LogP contribution in [-0.4, -0.2) is 23.0 Å². The predicted octanol–water partition coefficient (Wildman–Crippen LogP) is 2.52. The third-order valence-corrected chi connectivity index (χ3v) is 4.67. The normalized spacial score (nSPS) is 10.8. The van der Waals surface area contributed by atoms with E-state index in [9.17, 15) is 4.79 Å². The van der Waals surface area contributed by atoms with Crippen molar-refractivity contribution < 1.29 is 9.05 Å². The van der Waals surface area contributed by atoms with Crippen LogP contribution in [0, 0.1) is 0 Å². The van der Waals surface area contributed by atoms with Crippen molar-refractivity contribution in [1.29, 1.82) is 0 Å². The molecule has 0 aliphatic rings. The van der Waals surface area contributed by atoms with Crippen molar-refractivity contribution in [2.45, 2.75) is 33.1 Å². The SMILES string of the molecule is CCOP(=S)([S-])OCC.CCc1ccc(=O)n(CS)n1. The van der Waals surface area contributed by atoms with Crippen molar-refractivity contribution >= 4 is 42.4 Å². The van der Waals surface area contributed by atoms with Crippen LogP contribution in [0.3, 0.4) is 0 Å². The van der Waals surface area contributed by atoms with E-state index in [1.54, 1.807) is 6.07 Å². The van der Waals surface area contributed by atoms with Crippen LogP contribution in [0.15, 0.2) is 16.9 Å². The molecular weight excluding hydrogens is 335 g/mol. The van der Waals surface area contributed by atoms with Crippen LogP contribution in [-0.2, 0) is 45.4 Å². The molecule has 1 heterocycles. The molecule has 0 bridgehead atoms. The van der Waals surface area contributed by atoms with Crippen LogP contribution in [0.1, 0.15) is 26.5 Å². The lowest BCUT2D eigenvalue weighted by molar-refractivity contribution is 0.281. The number of thiol groups is 1. The summed E-state index contributed by atoms with van der Waals surface area (Å²) in [6.07, 6.45) is 0.841. The van der Waals surface area contributed by atoms with Crippen LogP contribution in [0.4, 0.5) is 0 Å². The second-order valence-corrected chi connectivity index (χ2v) is 8.71. The highest BCUT2D eigenvalue weighted by Gasteiger charge is 1.96. The summed E-state index contributed by atoms with van der Waals surface area (Å²) in [5.74, 6) is 0.340. The van der Waals surface area contributed by atoms with Gasteiger partial charge in [-0.2, -0.15) is 17.7 Å². The van der Waals surface area contributed by atoms with Crippen molar-refractivity contribution in [3.05, 3.63) is 28.2 Å². The topological polar surface area (TPSA) is 53.4 Å². The number of rotatable bonds is 6. The lowest BCUT2D eigenvalue weighted by Gasteiger charge is -2.26. The lowest BCUT2D eigenvalue weighted by atomic mass is 10.3. The first-order chi connectivity index (χ1) is 9.40. The highest BCUT2D eigenvalue weighted by molar-refractivity contribution is 8.51. The van der Waals surface area contributed by atoms with E-state index in [2.05, 4.69) is 17.7 Å². The number of aryl methyl sites for hydroxylation is 1. The summed E-state index contributed by atoms with van der Waals surface area (Å²) in [5, 5.41) is 4.04. The summed E-state index contributed by atoms with van der Waals surface area (Å²) in [5.41, 5.74) is -1.46. The maximum Gasteiger partial charge on any atom is 0.267 e. The Morgan fingerprint density at radius 1 is 1.35 bits per heavy atom. The molecule has 1 aromatic heterocycles. The summed E-state index contributed by atoms with van der Waals surface area (Å²) in [6, 6.07) is 3.25. The van der Waals surface area contributed by atoms with E-state index >= 15 is 0 Å². The Bertz CT molecular complexity index is 486. The number of hydrogen-bond donors (Lipinski definition) is 1. The zero-order valence-electron chi connectivity index (χ0n) is 11.8. The van der Waals surface area contributed by atoms with E-state index in [0.29, 0.717) is 19.1 Å². The minimum Gasteiger partial charge on any atom is -0.691 e. The molecule has 20 heavy (non-hydrogen) atoms. The van der Waals surface area contributed by atoms with Crippen LogP contribution in [0.2, 0.25) is 0 Å². The Morgan fingerprint density at radius 2 is 1.90 bits per heavy atom. The zero-order valence-corrected chi connectivity index (χ0v) is 15.2. The molecule has 0 fully saturated rings.